The lowest BCUT2D eigenvalue weighted by molar-refractivity contribution is 0.321. The molecule has 1 unspecified atom stereocenters. The van der Waals surface area contributed by atoms with Gasteiger partial charge in [-0.2, -0.15) is 4.31 Å². The fourth-order valence-electron chi connectivity index (χ4n) is 3.45. The molecule has 0 amide bonds. The highest BCUT2D eigenvalue weighted by molar-refractivity contribution is 7.93. The van der Waals surface area contributed by atoms with Crippen LogP contribution in [0.2, 0.25) is 0 Å². The Balaban J connectivity index is 1.57. The number of fused-ring (bicyclic) bond motifs is 1. The molecule has 6 nitrogen and oxygen atoms in total. The van der Waals surface area contributed by atoms with Gasteiger partial charge in [0.05, 0.1) is 4.91 Å². The van der Waals surface area contributed by atoms with Crippen molar-refractivity contribution in [3.05, 3.63) is 58.9 Å². The molecule has 2 aliphatic rings. The topological polar surface area (TPSA) is 76.3 Å². The molecule has 4 rings (SSSR count). The molecule has 1 atom stereocenters. The molecule has 1 aromatic heterocycles. The summed E-state index contributed by atoms with van der Waals surface area (Å²) in [7, 11) is -3.40. The van der Waals surface area contributed by atoms with Gasteiger partial charge in [0.2, 0.25) is 21.8 Å². The van der Waals surface area contributed by atoms with Gasteiger partial charge >= 0.3 is 0 Å². The second-order valence-electron chi connectivity index (χ2n) is 6.82. The first-order chi connectivity index (χ1) is 11.9. The van der Waals surface area contributed by atoms with Gasteiger partial charge in [0.25, 0.3) is 0 Å². The van der Waals surface area contributed by atoms with Crippen molar-refractivity contribution in [2.45, 2.75) is 26.8 Å². The molecular weight excluding hydrogens is 338 g/mol. The van der Waals surface area contributed by atoms with E-state index >= 15 is 0 Å². The van der Waals surface area contributed by atoms with Gasteiger partial charge in [0.1, 0.15) is 0 Å². The van der Waals surface area contributed by atoms with Crippen molar-refractivity contribution in [1.82, 2.24) is 14.5 Å². The van der Waals surface area contributed by atoms with Crippen LogP contribution in [0.1, 0.15) is 24.8 Å². The maximum absolute atomic E-state index is 12.8. The van der Waals surface area contributed by atoms with Crippen LogP contribution in [-0.2, 0) is 16.6 Å². The molecule has 0 N–H and O–H groups in total. The third-order valence-corrected chi connectivity index (χ3v) is 6.90. The lowest BCUT2D eigenvalue weighted by atomic mass is 9.83. The predicted molar refractivity (Wildman–Crippen MR) is 93.7 cm³/mol. The third kappa shape index (κ3) is 2.73. The molecule has 0 spiro atoms. The lowest BCUT2D eigenvalue weighted by Gasteiger charge is -2.23. The summed E-state index contributed by atoms with van der Waals surface area (Å²) in [5.74, 6) is 0.979. The van der Waals surface area contributed by atoms with E-state index in [0.717, 1.165) is 17.5 Å². The average Bonchev–Trinajstić information content (AvgIpc) is 3.08. The van der Waals surface area contributed by atoms with E-state index in [4.69, 9.17) is 4.42 Å². The number of rotatable bonds is 3. The van der Waals surface area contributed by atoms with Gasteiger partial charge in [-0.05, 0) is 30.2 Å². The maximum atomic E-state index is 12.8. The number of nitrogens with zero attached hydrogens (tertiary/aromatic N) is 3. The van der Waals surface area contributed by atoms with Crippen molar-refractivity contribution < 1.29 is 12.8 Å². The normalized spacial score (nSPS) is 25.0. The number of aromatic nitrogens is 2. The van der Waals surface area contributed by atoms with Gasteiger partial charge in [0, 0.05) is 31.0 Å². The molecule has 0 radical (unpaired) electrons. The van der Waals surface area contributed by atoms with Crippen LogP contribution < -0.4 is 0 Å². The summed E-state index contributed by atoms with van der Waals surface area (Å²) < 4.78 is 32.6. The fraction of sp³-hybridized carbons (Fsp3) is 0.333. The van der Waals surface area contributed by atoms with Crippen molar-refractivity contribution >= 4 is 10.0 Å². The Kier molecular flexibility index (Phi) is 3.66. The molecule has 0 saturated carbocycles. The highest BCUT2D eigenvalue weighted by Gasteiger charge is 2.49. The van der Waals surface area contributed by atoms with Crippen LogP contribution in [0.5, 0.6) is 0 Å². The maximum Gasteiger partial charge on any atom is 0.247 e. The second kappa shape index (κ2) is 5.64. The highest BCUT2D eigenvalue weighted by atomic mass is 32.2. The number of sulfonamides is 1. The van der Waals surface area contributed by atoms with Gasteiger partial charge < -0.3 is 4.42 Å². The Morgan fingerprint density at radius 2 is 2.00 bits per heavy atom. The Bertz CT molecular complexity index is 973. The molecule has 2 heterocycles. The molecule has 130 valence electrons. The molecule has 1 aliphatic heterocycles. The summed E-state index contributed by atoms with van der Waals surface area (Å²) in [6.07, 6.45) is 6.35. The van der Waals surface area contributed by atoms with Crippen molar-refractivity contribution in [2.24, 2.45) is 5.41 Å². The summed E-state index contributed by atoms with van der Waals surface area (Å²) in [6, 6.07) is 7.56. The lowest BCUT2D eigenvalue weighted by Crippen LogP contribution is -2.26. The van der Waals surface area contributed by atoms with Crippen LogP contribution in [0, 0.1) is 12.3 Å². The molecule has 2 aromatic rings. The monoisotopic (exact) mass is 357 g/mol. The smallest absolute Gasteiger partial charge is 0.247 e. The quantitative estimate of drug-likeness (QED) is 0.844. The molecule has 7 heteroatoms. The Morgan fingerprint density at radius 1 is 1.24 bits per heavy atom. The van der Waals surface area contributed by atoms with Crippen molar-refractivity contribution in [1.29, 1.82) is 0 Å². The van der Waals surface area contributed by atoms with Gasteiger partial charge in [-0.1, -0.05) is 31.2 Å². The summed E-state index contributed by atoms with van der Waals surface area (Å²) >= 11 is 0. The van der Waals surface area contributed by atoms with E-state index in [2.05, 4.69) is 10.2 Å². The largest absolute Gasteiger partial charge is 0.421 e. The molecule has 1 fully saturated rings. The van der Waals surface area contributed by atoms with E-state index < -0.39 is 10.0 Å². The minimum absolute atomic E-state index is 0.325. The van der Waals surface area contributed by atoms with E-state index in [9.17, 15) is 8.42 Å². The number of allylic oxidation sites excluding steroid dienone is 3. The first kappa shape index (κ1) is 16.2. The zero-order valence-corrected chi connectivity index (χ0v) is 15.0. The second-order valence-corrected chi connectivity index (χ2v) is 8.73. The molecule has 1 aromatic carbocycles. The minimum Gasteiger partial charge on any atom is -0.421 e. The van der Waals surface area contributed by atoms with E-state index in [1.54, 1.807) is 17.3 Å². The number of aryl methyl sites for hydroxylation is 1. The van der Waals surface area contributed by atoms with E-state index in [-0.39, 0.29) is 5.41 Å². The summed E-state index contributed by atoms with van der Waals surface area (Å²) in [4.78, 5) is 0.528. The van der Waals surface area contributed by atoms with Crippen LogP contribution in [0.25, 0.3) is 11.5 Å². The predicted octanol–water partition coefficient (Wildman–Crippen LogP) is 3.04. The van der Waals surface area contributed by atoms with Crippen molar-refractivity contribution in [3.8, 4) is 11.5 Å². The van der Waals surface area contributed by atoms with E-state index in [1.165, 1.54) is 0 Å². The molecule has 1 aliphatic carbocycles. The minimum atomic E-state index is -3.40. The molecule has 0 bridgehead atoms. The van der Waals surface area contributed by atoms with Crippen LogP contribution in [0.15, 0.2) is 51.8 Å². The Labute approximate surface area is 146 Å². The van der Waals surface area contributed by atoms with Crippen LogP contribution in [-0.4, -0.2) is 29.5 Å². The van der Waals surface area contributed by atoms with Gasteiger partial charge in [-0.3, -0.25) is 0 Å². The average molecular weight is 357 g/mol. The molecule has 1 saturated heterocycles. The van der Waals surface area contributed by atoms with Crippen LogP contribution in [0.3, 0.4) is 0 Å². The van der Waals surface area contributed by atoms with Crippen LogP contribution in [0.4, 0.5) is 0 Å². The summed E-state index contributed by atoms with van der Waals surface area (Å²) in [5.41, 5.74) is 1.43. The molecule has 25 heavy (non-hydrogen) atoms. The third-order valence-electron chi connectivity index (χ3n) is 4.78. The Hall–Kier alpha value is -2.25. The highest BCUT2D eigenvalue weighted by Crippen LogP contribution is 2.46. The van der Waals surface area contributed by atoms with E-state index in [1.807, 2.05) is 43.3 Å². The number of benzene rings is 1. The van der Waals surface area contributed by atoms with Crippen LogP contribution >= 0.6 is 0 Å². The van der Waals surface area contributed by atoms with Crippen molar-refractivity contribution in [2.75, 3.05) is 6.54 Å². The number of hydrogen-bond acceptors (Lipinski definition) is 5. The first-order valence-corrected chi connectivity index (χ1v) is 9.59. The van der Waals surface area contributed by atoms with Gasteiger partial charge in [0.15, 0.2) is 0 Å². The summed E-state index contributed by atoms with van der Waals surface area (Å²) in [5, 5.41) is 7.81. The first-order valence-electron chi connectivity index (χ1n) is 8.15. The number of hydrogen-bond donors (Lipinski definition) is 0. The van der Waals surface area contributed by atoms with Gasteiger partial charge in [-0.15, -0.1) is 10.2 Å². The Morgan fingerprint density at radius 3 is 2.64 bits per heavy atom. The molecular formula is C18H19N3O3S. The van der Waals surface area contributed by atoms with E-state index in [0.29, 0.717) is 29.8 Å². The summed E-state index contributed by atoms with van der Waals surface area (Å²) in [6.45, 7) is 4.63. The zero-order chi connectivity index (χ0) is 17.7. The SMILES string of the molecule is Cc1nnc(-c2ccc(CN3CC4(C)CC=CC=C4S3(=O)=O)cc2)o1. The van der Waals surface area contributed by atoms with Gasteiger partial charge in [-0.25, -0.2) is 8.42 Å². The standard InChI is InChI=1S/C18H19N3O3S/c1-13-19-20-17(24-13)15-8-6-14(7-9-15)11-21-12-18(2)10-4-3-5-16(18)25(21,22)23/h3-9H,10-12H2,1-2H3. The zero-order valence-electron chi connectivity index (χ0n) is 14.1. The fourth-order valence-corrected chi connectivity index (χ4v) is 5.52. The van der Waals surface area contributed by atoms with Crippen molar-refractivity contribution in [3.63, 3.8) is 0 Å².